The van der Waals surface area contributed by atoms with Crippen molar-refractivity contribution in [3.63, 3.8) is 0 Å². The van der Waals surface area contributed by atoms with Gasteiger partial charge >= 0.3 is 0 Å². The van der Waals surface area contributed by atoms with E-state index in [0.717, 1.165) is 0 Å². The monoisotopic (exact) mass is 259 g/mol. The minimum atomic E-state index is -3.77. The van der Waals surface area contributed by atoms with Crippen LogP contribution in [0.4, 0.5) is 0 Å². The molecule has 0 atom stereocenters. The Labute approximate surface area is 105 Å². The van der Waals surface area contributed by atoms with Gasteiger partial charge in [-0.05, 0) is 24.3 Å². The van der Waals surface area contributed by atoms with E-state index in [1.54, 1.807) is 30.3 Å². The average Bonchev–Trinajstić information content (AvgIpc) is 2.89. The van der Waals surface area contributed by atoms with Crippen LogP contribution in [-0.4, -0.2) is 8.42 Å². The van der Waals surface area contributed by atoms with Gasteiger partial charge in [0.25, 0.3) is 0 Å². The van der Waals surface area contributed by atoms with E-state index in [2.05, 4.69) is 0 Å². The maximum Gasteiger partial charge on any atom is 0.216 e. The molecule has 90 valence electrons. The summed E-state index contributed by atoms with van der Waals surface area (Å²) < 4.78 is 29.2. The number of allylic oxidation sites excluding steroid dienone is 1. The number of furan rings is 1. The van der Waals surface area contributed by atoms with Gasteiger partial charge in [-0.15, -0.1) is 0 Å². The summed E-state index contributed by atoms with van der Waals surface area (Å²) in [6, 6.07) is 11.1. The molecule has 1 heterocycles. The van der Waals surface area contributed by atoms with Crippen LogP contribution in [0.3, 0.4) is 0 Å². The fourth-order valence-electron chi connectivity index (χ4n) is 1.41. The van der Waals surface area contributed by atoms with Gasteiger partial charge in [0.15, 0.2) is 0 Å². The highest BCUT2D eigenvalue weighted by Gasteiger charge is 2.20. The van der Waals surface area contributed by atoms with Crippen molar-refractivity contribution < 1.29 is 12.8 Å². The van der Waals surface area contributed by atoms with Crippen LogP contribution in [0, 0.1) is 11.3 Å². The molecule has 0 aliphatic carbocycles. The summed E-state index contributed by atoms with van der Waals surface area (Å²) >= 11 is 0. The van der Waals surface area contributed by atoms with E-state index in [1.807, 2.05) is 0 Å². The summed E-state index contributed by atoms with van der Waals surface area (Å²) in [6.45, 7) is 0. The highest BCUT2D eigenvalue weighted by atomic mass is 32.2. The molecule has 1 aromatic carbocycles. The van der Waals surface area contributed by atoms with E-state index >= 15 is 0 Å². The summed E-state index contributed by atoms with van der Waals surface area (Å²) in [5.74, 6) is 0. The molecule has 0 saturated heterocycles. The number of hydrogen-bond donors (Lipinski definition) is 0. The molecule has 18 heavy (non-hydrogen) atoms. The van der Waals surface area contributed by atoms with Gasteiger partial charge < -0.3 is 4.42 Å². The van der Waals surface area contributed by atoms with E-state index in [1.165, 1.54) is 30.7 Å². The van der Waals surface area contributed by atoms with Crippen LogP contribution in [-0.2, 0) is 9.84 Å². The molecular formula is C13H9NO3S. The Kier molecular flexibility index (Phi) is 3.31. The van der Waals surface area contributed by atoms with Gasteiger partial charge in [0.1, 0.15) is 11.0 Å². The van der Waals surface area contributed by atoms with Gasteiger partial charge in [-0.1, -0.05) is 18.2 Å². The molecular weight excluding hydrogens is 250 g/mol. The summed E-state index contributed by atoms with van der Waals surface area (Å²) in [4.78, 5) is -0.212. The Balaban J connectivity index is 2.50. The normalized spacial score (nSPS) is 12.1. The van der Waals surface area contributed by atoms with Gasteiger partial charge in [-0.25, -0.2) is 8.42 Å². The van der Waals surface area contributed by atoms with Crippen LogP contribution in [0.15, 0.2) is 63.1 Å². The molecule has 2 rings (SSSR count). The zero-order chi connectivity index (χ0) is 13.0. The first-order valence-corrected chi connectivity index (χ1v) is 6.57. The van der Waals surface area contributed by atoms with Gasteiger partial charge in [0, 0.05) is 5.56 Å². The lowest BCUT2D eigenvalue weighted by Gasteiger charge is -2.01. The summed E-state index contributed by atoms with van der Waals surface area (Å²) in [5.41, 5.74) is 0.533. The maximum atomic E-state index is 12.2. The maximum absolute atomic E-state index is 12.2. The topological polar surface area (TPSA) is 71.1 Å². The smallest absolute Gasteiger partial charge is 0.216 e. The molecule has 4 nitrogen and oxygen atoms in total. The number of hydrogen-bond acceptors (Lipinski definition) is 4. The zero-order valence-corrected chi connectivity index (χ0v) is 10.1. The van der Waals surface area contributed by atoms with Crippen molar-refractivity contribution in [1.82, 2.24) is 0 Å². The summed E-state index contributed by atoms with van der Waals surface area (Å²) in [5, 5.41) is 8.99. The Morgan fingerprint density at radius 3 is 2.50 bits per heavy atom. The number of nitrogens with zero attached hydrogens (tertiary/aromatic N) is 1. The van der Waals surface area contributed by atoms with Crippen molar-refractivity contribution in [2.45, 2.75) is 4.90 Å². The van der Waals surface area contributed by atoms with Crippen LogP contribution in [0.2, 0.25) is 0 Å². The van der Waals surface area contributed by atoms with Crippen LogP contribution < -0.4 is 0 Å². The minimum absolute atomic E-state index is 0.0984. The van der Waals surface area contributed by atoms with Crippen LogP contribution >= 0.6 is 0 Å². The Hall–Kier alpha value is -2.32. The number of rotatable bonds is 3. The van der Waals surface area contributed by atoms with Gasteiger partial charge in [-0.2, -0.15) is 5.26 Å². The van der Waals surface area contributed by atoms with Crippen molar-refractivity contribution >= 4 is 15.9 Å². The third-order valence-corrected chi connectivity index (χ3v) is 3.98. The van der Waals surface area contributed by atoms with Gasteiger partial charge in [-0.3, -0.25) is 0 Å². The minimum Gasteiger partial charge on any atom is -0.472 e. The number of nitriles is 1. The number of sulfone groups is 1. The van der Waals surface area contributed by atoms with Crippen molar-refractivity contribution in [3.05, 3.63) is 59.4 Å². The fraction of sp³-hybridized carbons (Fsp3) is 0. The molecule has 0 amide bonds. The predicted octanol–water partition coefficient (Wildman–Crippen LogP) is 2.62. The molecule has 2 aromatic rings. The second-order valence-electron chi connectivity index (χ2n) is 3.49. The van der Waals surface area contributed by atoms with E-state index in [4.69, 9.17) is 9.68 Å². The van der Waals surface area contributed by atoms with Crippen LogP contribution in [0.25, 0.3) is 6.08 Å². The highest BCUT2D eigenvalue weighted by molar-refractivity contribution is 7.95. The van der Waals surface area contributed by atoms with Crippen molar-refractivity contribution in [1.29, 1.82) is 5.26 Å². The van der Waals surface area contributed by atoms with Crippen molar-refractivity contribution in [2.24, 2.45) is 0 Å². The molecule has 0 fully saturated rings. The largest absolute Gasteiger partial charge is 0.472 e. The SMILES string of the molecule is N#CC(=Cc1ccoc1)S(=O)(=O)c1ccccc1. The second-order valence-corrected chi connectivity index (χ2v) is 5.41. The van der Waals surface area contributed by atoms with Crippen LogP contribution in [0.5, 0.6) is 0 Å². The first-order chi connectivity index (χ1) is 8.64. The van der Waals surface area contributed by atoms with E-state index in [-0.39, 0.29) is 9.80 Å². The second kappa shape index (κ2) is 4.90. The zero-order valence-electron chi connectivity index (χ0n) is 9.28. The summed E-state index contributed by atoms with van der Waals surface area (Å²) in [7, 11) is -3.77. The van der Waals surface area contributed by atoms with Gasteiger partial charge in [0.2, 0.25) is 9.84 Å². The average molecular weight is 259 g/mol. The molecule has 0 saturated carbocycles. The molecule has 0 aliphatic heterocycles. The van der Waals surface area contributed by atoms with Crippen LogP contribution in [0.1, 0.15) is 5.56 Å². The van der Waals surface area contributed by atoms with Crippen molar-refractivity contribution in [3.8, 4) is 6.07 Å². The molecule has 0 aliphatic rings. The lowest BCUT2D eigenvalue weighted by atomic mass is 10.3. The van der Waals surface area contributed by atoms with Crippen molar-refractivity contribution in [2.75, 3.05) is 0 Å². The van der Waals surface area contributed by atoms with E-state index in [9.17, 15) is 8.42 Å². The first kappa shape index (κ1) is 12.1. The quantitative estimate of drug-likeness (QED) is 0.794. The number of benzene rings is 1. The Bertz CT molecular complexity index is 692. The van der Waals surface area contributed by atoms with Gasteiger partial charge in [0.05, 0.1) is 17.4 Å². The van der Waals surface area contributed by atoms with E-state index in [0.29, 0.717) is 5.56 Å². The standard InChI is InChI=1S/C13H9NO3S/c14-9-13(8-11-6-7-17-10-11)18(15,16)12-4-2-1-3-5-12/h1-8,10H. The molecule has 1 aromatic heterocycles. The Morgan fingerprint density at radius 2 is 1.94 bits per heavy atom. The Morgan fingerprint density at radius 1 is 1.22 bits per heavy atom. The molecule has 0 N–H and O–H groups in total. The molecule has 5 heteroatoms. The third-order valence-electron chi connectivity index (χ3n) is 2.29. The predicted molar refractivity (Wildman–Crippen MR) is 65.9 cm³/mol. The first-order valence-electron chi connectivity index (χ1n) is 5.09. The third kappa shape index (κ3) is 2.34. The molecule has 0 spiro atoms. The highest BCUT2D eigenvalue weighted by Crippen LogP contribution is 2.20. The molecule has 0 radical (unpaired) electrons. The lowest BCUT2D eigenvalue weighted by molar-refractivity contribution is 0.567. The fourth-order valence-corrected chi connectivity index (χ4v) is 2.59. The summed E-state index contributed by atoms with van der Waals surface area (Å²) in [6.07, 6.45) is 4.07. The van der Waals surface area contributed by atoms with E-state index < -0.39 is 9.84 Å². The molecule has 0 unspecified atom stereocenters. The molecule has 0 bridgehead atoms. The lowest BCUT2D eigenvalue weighted by Crippen LogP contribution is -2.03.